The molecule has 0 fully saturated rings. The van der Waals surface area contributed by atoms with Crippen LogP contribution in [0.4, 0.5) is 0 Å². The summed E-state index contributed by atoms with van der Waals surface area (Å²) in [6, 6.07) is 15.3. The van der Waals surface area contributed by atoms with Gasteiger partial charge in [0.15, 0.2) is 6.10 Å². The van der Waals surface area contributed by atoms with Crippen molar-refractivity contribution in [2.75, 3.05) is 0 Å². The number of nitrogens with one attached hydrogen (secondary N) is 2. The van der Waals surface area contributed by atoms with Crippen LogP contribution in [0, 0.1) is 0 Å². The minimum Gasteiger partial charge on any atom is -0.452 e. The van der Waals surface area contributed by atoms with E-state index in [-0.39, 0.29) is 6.42 Å². The van der Waals surface area contributed by atoms with Crippen molar-refractivity contribution in [3.63, 3.8) is 0 Å². The molecule has 0 unspecified atom stereocenters. The van der Waals surface area contributed by atoms with Crippen LogP contribution in [0.1, 0.15) is 22.8 Å². The van der Waals surface area contributed by atoms with Gasteiger partial charge in [0.1, 0.15) is 0 Å². The van der Waals surface area contributed by atoms with Crippen molar-refractivity contribution >= 4 is 29.4 Å². The predicted molar refractivity (Wildman–Crippen MR) is 92.8 cm³/mol. The molecule has 7 heteroatoms. The lowest BCUT2D eigenvalue weighted by Crippen LogP contribution is -2.46. The van der Waals surface area contributed by atoms with E-state index in [1.807, 2.05) is 0 Å². The molecule has 130 valence electrons. The summed E-state index contributed by atoms with van der Waals surface area (Å²) in [5.74, 6) is -1.70. The van der Waals surface area contributed by atoms with Gasteiger partial charge >= 0.3 is 5.97 Å². The second-order valence-corrected chi connectivity index (χ2v) is 5.62. The van der Waals surface area contributed by atoms with Crippen molar-refractivity contribution in [2.45, 2.75) is 19.4 Å². The Morgan fingerprint density at radius 1 is 1.00 bits per heavy atom. The van der Waals surface area contributed by atoms with Crippen molar-refractivity contribution in [1.29, 1.82) is 0 Å². The first-order chi connectivity index (χ1) is 12.0. The molecular formula is C18H17ClN2O4. The lowest BCUT2D eigenvalue weighted by molar-refractivity contribution is -0.154. The maximum atomic E-state index is 11.9. The van der Waals surface area contributed by atoms with Gasteiger partial charge in [-0.05, 0) is 30.7 Å². The number of benzene rings is 2. The van der Waals surface area contributed by atoms with Gasteiger partial charge < -0.3 is 4.74 Å². The Balaban J connectivity index is 1.81. The predicted octanol–water partition coefficient (Wildman–Crippen LogP) is 2.28. The van der Waals surface area contributed by atoms with Crippen molar-refractivity contribution in [2.24, 2.45) is 0 Å². The molecule has 2 amide bonds. The van der Waals surface area contributed by atoms with Crippen LogP contribution >= 0.6 is 11.6 Å². The summed E-state index contributed by atoms with van der Waals surface area (Å²) in [6.45, 7) is 1.41. The number of hydrogen-bond acceptors (Lipinski definition) is 4. The smallest absolute Gasteiger partial charge is 0.311 e. The molecule has 0 aliphatic rings. The zero-order valence-corrected chi connectivity index (χ0v) is 14.2. The van der Waals surface area contributed by atoms with Gasteiger partial charge in [-0.2, -0.15) is 0 Å². The quantitative estimate of drug-likeness (QED) is 0.633. The molecule has 0 heterocycles. The molecule has 2 N–H and O–H groups in total. The van der Waals surface area contributed by atoms with Crippen LogP contribution in [0.15, 0.2) is 54.6 Å². The Morgan fingerprint density at radius 2 is 1.64 bits per heavy atom. The number of esters is 1. The molecule has 2 rings (SSSR count). The van der Waals surface area contributed by atoms with Gasteiger partial charge in [0.05, 0.1) is 6.42 Å². The highest BCUT2D eigenvalue weighted by atomic mass is 35.5. The van der Waals surface area contributed by atoms with E-state index in [9.17, 15) is 14.4 Å². The van der Waals surface area contributed by atoms with Crippen molar-refractivity contribution in [1.82, 2.24) is 10.9 Å². The van der Waals surface area contributed by atoms with Crippen LogP contribution in [0.25, 0.3) is 0 Å². The molecule has 6 nitrogen and oxygen atoms in total. The molecule has 2 aromatic carbocycles. The van der Waals surface area contributed by atoms with Crippen molar-refractivity contribution < 1.29 is 19.1 Å². The molecule has 25 heavy (non-hydrogen) atoms. The Bertz CT molecular complexity index is 765. The Hall–Kier alpha value is -2.86. The lowest BCUT2D eigenvalue weighted by Gasteiger charge is -2.14. The van der Waals surface area contributed by atoms with Crippen LogP contribution in [-0.2, 0) is 20.7 Å². The van der Waals surface area contributed by atoms with Crippen LogP contribution in [0.3, 0.4) is 0 Å². The fourth-order valence-corrected chi connectivity index (χ4v) is 2.17. The number of rotatable bonds is 5. The van der Waals surface area contributed by atoms with E-state index in [0.717, 1.165) is 0 Å². The maximum absolute atomic E-state index is 11.9. The Morgan fingerprint density at radius 3 is 2.32 bits per heavy atom. The molecular weight excluding hydrogens is 344 g/mol. The zero-order chi connectivity index (χ0) is 18.2. The van der Waals surface area contributed by atoms with Crippen molar-refractivity contribution in [3.05, 3.63) is 70.7 Å². The van der Waals surface area contributed by atoms with Gasteiger partial charge in [-0.15, -0.1) is 0 Å². The Kier molecular flexibility index (Phi) is 6.54. The van der Waals surface area contributed by atoms with Gasteiger partial charge in [-0.25, -0.2) is 0 Å². The fourth-order valence-electron chi connectivity index (χ4n) is 1.97. The highest BCUT2D eigenvalue weighted by Crippen LogP contribution is 2.16. The number of ether oxygens (including phenoxy) is 1. The lowest BCUT2D eigenvalue weighted by atomic mass is 10.1. The summed E-state index contributed by atoms with van der Waals surface area (Å²) in [7, 11) is 0. The summed E-state index contributed by atoms with van der Waals surface area (Å²) in [6.07, 6.45) is -1.11. The third-order valence-electron chi connectivity index (χ3n) is 3.31. The third kappa shape index (κ3) is 5.61. The maximum Gasteiger partial charge on any atom is 0.311 e. The molecule has 0 saturated carbocycles. The number of hydrogen-bond donors (Lipinski definition) is 2. The van der Waals surface area contributed by atoms with Gasteiger partial charge in [0.25, 0.3) is 11.8 Å². The van der Waals surface area contributed by atoms with E-state index < -0.39 is 23.9 Å². The summed E-state index contributed by atoms with van der Waals surface area (Å²) >= 11 is 5.98. The SMILES string of the molecule is C[C@H](OC(=O)Cc1ccccc1Cl)C(=O)NNC(=O)c1ccccc1. The number of amides is 2. The zero-order valence-electron chi connectivity index (χ0n) is 13.5. The first-order valence-corrected chi connectivity index (χ1v) is 7.93. The summed E-state index contributed by atoms with van der Waals surface area (Å²) < 4.78 is 5.05. The van der Waals surface area contributed by atoms with E-state index in [2.05, 4.69) is 10.9 Å². The largest absolute Gasteiger partial charge is 0.452 e. The van der Waals surface area contributed by atoms with Crippen LogP contribution in [-0.4, -0.2) is 23.9 Å². The number of hydrazine groups is 1. The van der Waals surface area contributed by atoms with Gasteiger partial charge in [0, 0.05) is 10.6 Å². The minimum atomic E-state index is -1.06. The molecule has 0 bridgehead atoms. The normalized spacial score (nSPS) is 11.3. The molecule has 0 radical (unpaired) electrons. The van der Waals surface area contributed by atoms with Crippen LogP contribution in [0.2, 0.25) is 5.02 Å². The summed E-state index contributed by atoms with van der Waals surface area (Å²) in [5, 5.41) is 0.451. The average Bonchev–Trinajstić information content (AvgIpc) is 2.62. The topological polar surface area (TPSA) is 84.5 Å². The van der Waals surface area contributed by atoms with Gasteiger partial charge in [0.2, 0.25) is 0 Å². The van der Waals surface area contributed by atoms with E-state index in [0.29, 0.717) is 16.1 Å². The van der Waals surface area contributed by atoms with Gasteiger partial charge in [-0.3, -0.25) is 25.2 Å². The molecule has 0 aliphatic heterocycles. The molecule has 0 spiro atoms. The Labute approximate surface area is 150 Å². The minimum absolute atomic E-state index is 0.0479. The monoisotopic (exact) mass is 360 g/mol. The fraction of sp³-hybridized carbons (Fsp3) is 0.167. The van der Waals surface area contributed by atoms with E-state index in [4.69, 9.17) is 16.3 Å². The first kappa shape index (κ1) is 18.5. The summed E-state index contributed by atoms with van der Waals surface area (Å²) in [5.41, 5.74) is 5.49. The summed E-state index contributed by atoms with van der Waals surface area (Å²) in [4.78, 5) is 35.6. The average molecular weight is 361 g/mol. The number of halogens is 1. The molecule has 0 aromatic heterocycles. The van der Waals surface area contributed by atoms with Crippen LogP contribution in [0.5, 0.6) is 0 Å². The third-order valence-corrected chi connectivity index (χ3v) is 3.67. The molecule has 0 saturated heterocycles. The van der Waals surface area contributed by atoms with E-state index in [1.54, 1.807) is 54.6 Å². The number of carbonyl (C=O) groups is 3. The standard InChI is InChI=1S/C18H17ClN2O4/c1-12(25-16(22)11-14-9-5-6-10-15(14)19)17(23)20-21-18(24)13-7-3-2-4-8-13/h2-10,12H,11H2,1H3,(H,20,23)(H,21,24)/t12-/m0/s1. The second-order valence-electron chi connectivity index (χ2n) is 5.21. The number of carbonyl (C=O) groups excluding carboxylic acids is 3. The van der Waals surface area contributed by atoms with E-state index >= 15 is 0 Å². The van der Waals surface area contributed by atoms with Crippen LogP contribution < -0.4 is 10.9 Å². The van der Waals surface area contributed by atoms with Crippen molar-refractivity contribution in [3.8, 4) is 0 Å². The molecule has 0 aliphatic carbocycles. The highest BCUT2D eigenvalue weighted by Gasteiger charge is 2.19. The molecule has 2 aromatic rings. The first-order valence-electron chi connectivity index (χ1n) is 7.55. The second kappa shape index (κ2) is 8.84. The van der Waals surface area contributed by atoms with E-state index in [1.165, 1.54) is 6.92 Å². The van der Waals surface area contributed by atoms with Gasteiger partial charge in [-0.1, -0.05) is 48.0 Å². The highest BCUT2D eigenvalue weighted by molar-refractivity contribution is 6.31. The molecule has 1 atom stereocenters.